The molecule has 120 valence electrons. The highest BCUT2D eigenvalue weighted by molar-refractivity contribution is 5.99. The van der Waals surface area contributed by atoms with Gasteiger partial charge < -0.3 is 10.6 Å². The van der Waals surface area contributed by atoms with Crippen molar-refractivity contribution in [1.82, 2.24) is 0 Å². The number of rotatable bonds is 6. The van der Waals surface area contributed by atoms with E-state index in [1.807, 2.05) is 0 Å². The summed E-state index contributed by atoms with van der Waals surface area (Å²) in [5.74, 6) is 0.663. The highest BCUT2D eigenvalue weighted by Crippen LogP contribution is 2.34. The van der Waals surface area contributed by atoms with Gasteiger partial charge in [-0.2, -0.15) is 0 Å². The molecule has 22 heavy (non-hydrogen) atoms. The first kappa shape index (κ1) is 16.3. The zero-order valence-corrected chi connectivity index (χ0v) is 13.1. The molecule has 0 radical (unpaired) electrons. The molecule has 0 saturated carbocycles. The summed E-state index contributed by atoms with van der Waals surface area (Å²) in [5.41, 5.74) is 6.26. The maximum absolute atomic E-state index is 11.7. The molecule has 1 unspecified atom stereocenters. The molecule has 1 saturated heterocycles. The molecule has 1 aromatic carbocycles. The molecule has 0 spiro atoms. The van der Waals surface area contributed by atoms with E-state index in [9.17, 15) is 14.9 Å². The van der Waals surface area contributed by atoms with Crippen molar-refractivity contribution >= 4 is 17.3 Å². The first-order chi connectivity index (χ1) is 10.5. The Bertz CT molecular complexity index is 570. The Morgan fingerprint density at radius 1 is 1.45 bits per heavy atom. The lowest BCUT2D eigenvalue weighted by Crippen LogP contribution is -2.25. The second kappa shape index (κ2) is 6.77. The lowest BCUT2D eigenvalue weighted by Gasteiger charge is -2.24. The van der Waals surface area contributed by atoms with Crippen LogP contribution >= 0.6 is 0 Å². The van der Waals surface area contributed by atoms with E-state index in [2.05, 4.69) is 18.7 Å². The third-order valence-electron chi connectivity index (χ3n) is 4.74. The highest BCUT2D eigenvalue weighted by Gasteiger charge is 2.30. The van der Waals surface area contributed by atoms with Gasteiger partial charge in [0.15, 0.2) is 0 Å². The Labute approximate surface area is 130 Å². The van der Waals surface area contributed by atoms with Gasteiger partial charge in [0.05, 0.1) is 16.2 Å². The van der Waals surface area contributed by atoms with Gasteiger partial charge in [-0.1, -0.05) is 26.7 Å². The van der Waals surface area contributed by atoms with Crippen LogP contribution in [0.1, 0.15) is 43.5 Å². The van der Waals surface area contributed by atoms with Crippen LogP contribution < -0.4 is 10.6 Å². The smallest absolute Gasteiger partial charge is 0.270 e. The Hall–Kier alpha value is -2.11. The molecule has 2 N–H and O–H groups in total. The zero-order valence-electron chi connectivity index (χ0n) is 13.1. The number of nitro groups is 1. The van der Waals surface area contributed by atoms with Crippen molar-refractivity contribution in [3.63, 3.8) is 0 Å². The maximum Gasteiger partial charge on any atom is 0.270 e. The number of anilines is 1. The van der Waals surface area contributed by atoms with Crippen LogP contribution in [0.25, 0.3) is 0 Å². The number of hydrogen-bond donors (Lipinski definition) is 1. The van der Waals surface area contributed by atoms with Crippen LogP contribution in [0, 0.1) is 22.0 Å². The van der Waals surface area contributed by atoms with Gasteiger partial charge in [-0.3, -0.25) is 14.9 Å². The van der Waals surface area contributed by atoms with Gasteiger partial charge in [-0.15, -0.1) is 0 Å². The van der Waals surface area contributed by atoms with E-state index in [0.717, 1.165) is 32.4 Å². The molecule has 1 fully saturated rings. The number of carbonyl (C=O) groups is 1. The van der Waals surface area contributed by atoms with Crippen molar-refractivity contribution < 1.29 is 9.72 Å². The SMILES string of the molecule is CCC(CC)C1CCN(c2ccc([N+](=O)[O-])cc2C(N)=O)C1. The van der Waals surface area contributed by atoms with E-state index in [0.29, 0.717) is 17.5 Å². The van der Waals surface area contributed by atoms with Crippen LogP contribution in [-0.2, 0) is 0 Å². The van der Waals surface area contributed by atoms with Gasteiger partial charge in [-0.05, 0) is 24.3 Å². The number of carbonyl (C=O) groups excluding carboxylic acids is 1. The molecule has 0 bridgehead atoms. The van der Waals surface area contributed by atoms with Crippen molar-refractivity contribution in [3.05, 3.63) is 33.9 Å². The highest BCUT2D eigenvalue weighted by atomic mass is 16.6. The van der Waals surface area contributed by atoms with Gasteiger partial charge >= 0.3 is 0 Å². The van der Waals surface area contributed by atoms with Gasteiger partial charge in [0.25, 0.3) is 11.6 Å². The molecule has 6 nitrogen and oxygen atoms in total. The average Bonchev–Trinajstić information content (AvgIpc) is 2.97. The Morgan fingerprint density at radius 3 is 2.68 bits per heavy atom. The Kier molecular flexibility index (Phi) is 5.00. The van der Waals surface area contributed by atoms with Crippen molar-refractivity contribution in [3.8, 4) is 0 Å². The molecule has 2 rings (SSSR count). The predicted octanol–water partition coefficient (Wildman–Crippen LogP) is 2.96. The molecular formula is C16H23N3O3. The van der Waals surface area contributed by atoms with Crippen LogP contribution in [0.3, 0.4) is 0 Å². The molecule has 1 aliphatic rings. The summed E-state index contributed by atoms with van der Waals surface area (Å²) in [6.07, 6.45) is 3.39. The largest absolute Gasteiger partial charge is 0.371 e. The van der Waals surface area contributed by atoms with Crippen LogP contribution in [0.2, 0.25) is 0 Å². The first-order valence-corrected chi connectivity index (χ1v) is 7.81. The second-order valence-electron chi connectivity index (χ2n) is 5.89. The lowest BCUT2D eigenvalue weighted by molar-refractivity contribution is -0.384. The molecule has 6 heteroatoms. The summed E-state index contributed by atoms with van der Waals surface area (Å²) in [4.78, 5) is 24.1. The number of nitro benzene ring substituents is 1. The van der Waals surface area contributed by atoms with E-state index in [-0.39, 0.29) is 11.3 Å². The van der Waals surface area contributed by atoms with Gasteiger partial charge in [-0.25, -0.2) is 0 Å². The molecule has 0 aromatic heterocycles. The standard InChI is InChI=1S/C16H23N3O3/c1-3-11(4-2)12-7-8-18(10-12)15-6-5-13(19(21)22)9-14(15)16(17)20/h5-6,9,11-12H,3-4,7-8,10H2,1-2H3,(H2,17,20). The van der Waals surface area contributed by atoms with Gasteiger partial charge in [0, 0.05) is 25.2 Å². The Morgan fingerprint density at radius 2 is 2.14 bits per heavy atom. The summed E-state index contributed by atoms with van der Waals surface area (Å²) >= 11 is 0. The van der Waals surface area contributed by atoms with E-state index < -0.39 is 10.8 Å². The summed E-state index contributed by atoms with van der Waals surface area (Å²) < 4.78 is 0. The number of primary amides is 1. The lowest BCUT2D eigenvalue weighted by atomic mass is 9.87. The molecule has 1 atom stereocenters. The monoisotopic (exact) mass is 305 g/mol. The normalized spacial score (nSPS) is 18.0. The maximum atomic E-state index is 11.7. The fourth-order valence-electron chi connectivity index (χ4n) is 3.46. The minimum absolute atomic E-state index is 0.103. The number of amides is 1. The van der Waals surface area contributed by atoms with Crippen LogP contribution in [0.4, 0.5) is 11.4 Å². The number of benzene rings is 1. The molecule has 1 amide bonds. The molecule has 1 heterocycles. The van der Waals surface area contributed by atoms with Gasteiger partial charge in [0.2, 0.25) is 0 Å². The fourth-order valence-corrected chi connectivity index (χ4v) is 3.46. The Balaban J connectivity index is 2.26. The minimum atomic E-state index is -0.621. The molecular weight excluding hydrogens is 282 g/mol. The topological polar surface area (TPSA) is 89.5 Å². The summed E-state index contributed by atoms with van der Waals surface area (Å²) in [5, 5.41) is 10.9. The molecule has 0 aliphatic carbocycles. The fraction of sp³-hybridized carbons (Fsp3) is 0.562. The van der Waals surface area contributed by atoms with E-state index in [1.165, 1.54) is 12.1 Å². The van der Waals surface area contributed by atoms with Crippen LogP contribution in [-0.4, -0.2) is 23.9 Å². The van der Waals surface area contributed by atoms with Crippen LogP contribution in [0.5, 0.6) is 0 Å². The summed E-state index contributed by atoms with van der Waals surface area (Å²) in [6.45, 7) is 6.15. The van der Waals surface area contributed by atoms with Crippen molar-refractivity contribution in [2.75, 3.05) is 18.0 Å². The number of nitrogens with two attached hydrogens (primary N) is 1. The van der Waals surface area contributed by atoms with Crippen LogP contribution in [0.15, 0.2) is 18.2 Å². The van der Waals surface area contributed by atoms with Crippen molar-refractivity contribution in [2.45, 2.75) is 33.1 Å². The first-order valence-electron chi connectivity index (χ1n) is 7.81. The van der Waals surface area contributed by atoms with Crippen molar-refractivity contribution in [1.29, 1.82) is 0 Å². The molecule has 1 aromatic rings. The number of nitrogens with zero attached hydrogens (tertiary/aromatic N) is 2. The zero-order chi connectivity index (χ0) is 16.3. The second-order valence-corrected chi connectivity index (χ2v) is 5.89. The van der Waals surface area contributed by atoms with Gasteiger partial charge in [0.1, 0.15) is 0 Å². The molecule has 1 aliphatic heterocycles. The minimum Gasteiger partial charge on any atom is -0.371 e. The number of hydrogen-bond acceptors (Lipinski definition) is 4. The number of non-ortho nitro benzene ring substituents is 1. The van der Waals surface area contributed by atoms with E-state index >= 15 is 0 Å². The summed E-state index contributed by atoms with van der Waals surface area (Å²) in [6, 6.07) is 4.36. The third kappa shape index (κ3) is 3.21. The van der Waals surface area contributed by atoms with E-state index in [1.54, 1.807) is 6.07 Å². The third-order valence-corrected chi connectivity index (χ3v) is 4.74. The predicted molar refractivity (Wildman–Crippen MR) is 86.0 cm³/mol. The summed E-state index contributed by atoms with van der Waals surface area (Å²) in [7, 11) is 0. The van der Waals surface area contributed by atoms with Crippen molar-refractivity contribution in [2.24, 2.45) is 17.6 Å². The quantitative estimate of drug-likeness (QED) is 0.646. The average molecular weight is 305 g/mol. The van der Waals surface area contributed by atoms with E-state index in [4.69, 9.17) is 5.73 Å².